The molecule has 2 amide bonds. The molecule has 1 aliphatic heterocycles. The minimum atomic E-state index is -0.657. The number of nitro groups is 1. The highest BCUT2D eigenvalue weighted by molar-refractivity contribution is 6.10. The normalized spacial score (nSPS) is 14.9. The van der Waals surface area contributed by atoms with Crippen LogP contribution in [-0.4, -0.2) is 55.1 Å². The number of carbonyl (C=O) groups excluding carboxylic acids is 3. The highest BCUT2D eigenvalue weighted by atomic mass is 16.6. The number of hydrogen-bond donors (Lipinski definition) is 3. The molecule has 0 unspecified atom stereocenters. The van der Waals surface area contributed by atoms with Crippen LogP contribution >= 0.6 is 0 Å². The highest BCUT2D eigenvalue weighted by Gasteiger charge is 2.20. The molecule has 2 aromatic carbocycles. The fourth-order valence-corrected chi connectivity index (χ4v) is 3.39. The van der Waals surface area contributed by atoms with E-state index >= 15 is 0 Å². The van der Waals surface area contributed by atoms with Gasteiger partial charge in [-0.25, -0.2) is 4.79 Å². The van der Waals surface area contributed by atoms with E-state index in [-0.39, 0.29) is 36.2 Å². The predicted octanol–water partition coefficient (Wildman–Crippen LogP) is 2.73. The van der Waals surface area contributed by atoms with Crippen LogP contribution in [-0.2, 0) is 14.3 Å². The van der Waals surface area contributed by atoms with E-state index in [2.05, 4.69) is 16.0 Å². The fraction of sp³-hybridized carbons (Fsp3) is 0.348. The number of ether oxygens (including phenoxy) is 2. The molecule has 34 heavy (non-hydrogen) atoms. The minimum Gasteiger partial charge on any atom is -0.462 e. The molecule has 3 N–H and O–H groups in total. The van der Waals surface area contributed by atoms with Crippen molar-refractivity contribution in [1.82, 2.24) is 5.32 Å². The van der Waals surface area contributed by atoms with Gasteiger partial charge >= 0.3 is 5.97 Å². The first kappa shape index (κ1) is 24.8. The number of hydrogen-bond acceptors (Lipinski definition) is 8. The maximum Gasteiger partial charge on any atom is 0.338 e. The number of non-ortho nitro benzene ring substituents is 1. The number of anilines is 2. The summed E-state index contributed by atoms with van der Waals surface area (Å²) in [6, 6.07) is 9.61. The first-order valence-corrected chi connectivity index (χ1v) is 10.9. The molecule has 0 radical (unpaired) electrons. The van der Waals surface area contributed by atoms with Crippen molar-refractivity contribution in [1.29, 1.82) is 0 Å². The summed E-state index contributed by atoms with van der Waals surface area (Å²) in [6.07, 6.45) is 2.00. The number of carbonyl (C=O) groups is 3. The van der Waals surface area contributed by atoms with Crippen LogP contribution in [0.25, 0.3) is 0 Å². The summed E-state index contributed by atoms with van der Waals surface area (Å²) in [5.74, 6) is -1.55. The number of benzene rings is 2. The van der Waals surface area contributed by atoms with Gasteiger partial charge in [-0.1, -0.05) is 0 Å². The van der Waals surface area contributed by atoms with E-state index in [0.717, 1.165) is 18.9 Å². The van der Waals surface area contributed by atoms with Crippen LogP contribution in [0, 0.1) is 10.1 Å². The van der Waals surface area contributed by atoms with Crippen LogP contribution in [0.3, 0.4) is 0 Å². The van der Waals surface area contributed by atoms with E-state index in [0.29, 0.717) is 24.4 Å². The summed E-state index contributed by atoms with van der Waals surface area (Å²) in [7, 11) is 0. The summed E-state index contributed by atoms with van der Waals surface area (Å²) < 4.78 is 10.4. The molecule has 0 spiro atoms. The molecule has 1 saturated heterocycles. The second-order valence-corrected chi connectivity index (χ2v) is 7.55. The molecule has 0 aromatic heterocycles. The lowest BCUT2D eigenvalue weighted by molar-refractivity contribution is -0.384. The Morgan fingerprint density at radius 1 is 1.15 bits per heavy atom. The monoisotopic (exact) mass is 470 g/mol. The second-order valence-electron chi connectivity index (χ2n) is 7.55. The molecule has 0 aliphatic carbocycles. The molecule has 11 nitrogen and oxygen atoms in total. The standard InChI is InChI=1S/C23H26N4O7/c1-2-33-23(30)15-5-7-16(8-6-15)25-22(29)19-12-17(27(31)32)9-10-20(19)26-21(28)14-24-13-18-4-3-11-34-18/h5-10,12,18,24H,2-4,11,13-14H2,1H3,(H,25,29)(H,26,28)/t18-/m0/s1. The summed E-state index contributed by atoms with van der Waals surface area (Å²) in [6.45, 7) is 3.17. The van der Waals surface area contributed by atoms with Crippen molar-refractivity contribution < 1.29 is 28.8 Å². The van der Waals surface area contributed by atoms with E-state index in [1.54, 1.807) is 6.92 Å². The van der Waals surface area contributed by atoms with Crippen molar-refractivity contribution in [2.24, 2.45) is 0 Å². The van der Waals surface area contributed by atoms with Crippen LogP contribution < -0.4 is 16.0 Å². The van der Waals surface area contributed by atoms with Crippen LogP contribution in [0.2, 0.25) is 0 Å². The van der Waals surface area contributed by atoms with Crippen LogP contribution in [0.4, 0.5) is 17.1 Å². The van der Waals surface area contributed by atoms with Crippen molar-refractivity contribution in [3.05, 3.63) is 63.7 Å². The molecule has 180 valence electrons. The topological polar surface area (TPSA) is 149 Å². The number of nitro benzene ring substituents is 1. The first-order valence-electron chi connectivity index (χ1n) is 10.9. The van der Waals surface area contributed by atoms with Gasteiger partial charge in [0.1, 0.15) is 0 Å². The molecular formula is C23H26N4O7. The first-order chi connectivity index (χ1) is 16.4. The van der Waals surface area contributed by atoms with E-state index in [4.69, 9.17) is 9.47 Å². The molecule has 11 heteroatoms. The van der Waals surface area contributed by atoms with Gasteiger partial charge in [-0.15, -0.1) is 0 Å². The minimum absolute atomic E-state index is 0.00672. The van der Waals surface area contributed by atoms with E-state index < -0.39 is 22.7 Å². The maximum absolute atomic E-state index is 12.9. The van der Waals surface area contributed by atoms with Gasteiger partial charge in [0.25, 0.3) is 11.6 Å². The van der Waals surface area contributed by atoms with Gasteiger partial charge in [0.2, 0.25) is 5.91 Å². The largest absolute Gasteiger partial charge is 0.462 e. The molecule has 0 bridgehead atoms. The lowest BCUT2D eigenvalue weighted by atomic mass is 10.1. The molecule has 1 aliphatic rings. The quantitative estimate of drug-likeness (QED) is 0.273. The van der Waals surface area contributed by atoms with Crippen molar-refractivity contribution in [3.8, 4) is 0 Å². The van der Waals surface area contributed by atoms with Crippen LogP contribution in [0.1, 0.15) is 40.5 Å². The Kier molecular flexibility index (Phi) is 8.66. The zero-order valence-electron chi connectivity index (χ0n) is 18.7. The zero-order chi connectivity index (χ0) is 24.5. The predicted molar refractivity (Wildman–Crippen MR) is 124 cm³/mol. The molecule has 1 fully saturated rings. The van der Waals surface area contributed by atoms with Gasteiger partial charge in [0, 0.05) is 31.0 Å². The number of nitrogens with one attached hydrogen (secondary N) is 3. The maximum atomic E-state index is 12.9. The van der Waals surface area contributed by atoms with Crippen molar-refractivity contribution in [2.75, 3.05) is 36.9 Å². The SMILES string of the molecule is CCOC(=O)c1ccc(NC(=O)c2cc([N+](=O)[O-])ccc2NC(=O)CNC[C@@H]2CCCO2)cc1. The van der Waals surface area contributed by atoms with E-state index in [9.17, 15) is 24.5 Å². The molecule has 3 rings (SSSR count). The number of rotatable bonds is 10. The van der Waals surface area contributed by atoms with Crippen molar-refractivity contribution in [2.45, 2.75) is 25.9 Å². The number of nitrogens with zero attached hydrogens (tertiary/aromatic N) is 1. The molecular weight excluding hydrogens is 444 g/mol. The van der Waals surface area contributed by atoms with Gasteiger partial charge < -0.3 is 25.4 Å². The third-order valence-electron chi connectivity index (χ3n) is 5.07. The average Bonchev–Trinajstić information content (AvgIpc) is 3.33. The Balaban J connectivity index is 1.68. The highest BCUT2D eigenvalue weighted by Crippen LogP contribution is 2.24. The van der Waals surface area contributed by atoms with Gasteiger partial charge in [0.15, 0.2) is 0 Å². The smallest absolute Gasteiger partial charge is 0.338 e. The van der Waals surface area contributed by atoms with E-state index in [1.165, 1.54) is 36.4 Å². The third kappa shape index (κ3) is 6.83. The molecule has 2 aromatic rings. The Hall–Kier alpha value is -3.83. The third-order valence-corrected chi connectivity index (χ3v) is 5.07. The molecule has 0 saturated carbocycles. The Bertz CT molecular complexity index is 1050. The molecule has 1 atom stereocenters. The Labute approximate surface area is 196 Å². The number of esters is 1. The van der Waals surface area contributed by atoms with Gasteiger partial charge in [0.05, 0.1) is 41.0 Å². The Morgan fingerprint density at radius 2 is 1.91 bits per heavy atom. The second kappa shape index (κ2) is 11.9. The van der Waals surface area contributed by atoms with Gasteiger partial charge in [-0.3, -0.25) is 19.7 Å². The van der Waals surface area contributed by atoms with Crippen LogP contribution in [0.15, 0.2) is 42.5 Å². The Morgan fingerprint density at radius 3 is 2.56 bits per heavy atom. The van der Waals surface area contributed by atoms with Gasteiger partial charge in [-0.2, -0.15) is 0 Å². The lowest BCUT2D eigenvalue weighted by Crippen LogP contribution is -2.34. The van der Waals surface area contributed by atoms with Crippen molar-refractivity contribution >= 4 is 34.8 Å². The summed E-state index contributed by atoms with van der Waals surface area (Å²) >= 11 is 0. The van der Waals surface area contributed by atoms with E-state index in [1.807, 2.05) is 0 Å². The average molecular weight is 470 g/mol. The summed E-state index contributed by atoms with van der Waals surface area (Å²) in [5, 5.41) is 19.5. The van der Waals surface area contributed by atoms with Crippen molar-refractivity contribution in [3.63, 3.8) is 0 Å². The summed E-state index contributed by atoms with van der Waals surface area (Å²) in [4.78, 5) is 47.6. The zero-order valence-corrected chi connectivity index (χ0v) is 18.7. The molecule has 1 heterocycles. The number of amides is 2. The fourth-order valence-electron chi connectivity index (χ4n) is 3.39. The van der Waals surface area contributed by atoms with Crippen LogP contribution in [0.5, 0.6) is 0 Å². The summed E-state index contributed by atoms with van der Waals surface area (Å²) in [5.41, 5.74) is 0.447. The lowest BCUT2D eigenvalue weighted by Gasteiger charge is -2.13. The van der Waals surface area contributed by atoms with Gasteiger partial charge in [-0.05, 0) is 50.1 Å².